The zero-order valence-corrected chi connectivity index (χ0v) is 9.27. The van der Waals surface area contributed by atoms with Gasteiger partial charge in [-0.3, -0.25) is 0 Å². The molecule has 1 aromatic heterocycles. The summed E-state index contributed by atoms with van der Waals surface area (Å²) < 4.78 is 0. The number of anilines is 1. The number of nitrogens with one attached hydrogen (secondary N) is 2. The number of nitriles is 1. The van der Waals surface area contributed by atoms with Crippen LogP contribution in [0.5, 0.6) is 0 Å². The Bertz CT molecular complexity index is 525. The summed E-state index contributed by atoms with van der Waals surface area (Å²) in [5.74, 6) is 0.653. The molecule has 0 fully saturated rings. The minimum Gasteiger partial charge on any atom is -0.395 e. The van der Waals surface area contributed by atoms with E-state index in [4.69, 9.17) is 10.4 Å². The first-order valence-electron chi connectivity index (χ1n) is 5.38. The van der Waals surface area contributed by atoms with E-state index < -0.39 is 0 Å². The maximum Gasteiger partial charge on any atom is 0.122 e. The molecule has 0 saturated carbocycles. The van der Waals surface area contributed by atoms with Crippen LogP contribution in [0.4, 0.5) is 5.82 Å². The van der Waals surface area contributed by atoms with Gasteiger partial charge in [-0.05, 0) is 11.6 Å². The van der Waals surface area contributed by atoms with Crippen molar-refractivity contribution in [2.24, 2.45) is 0 Å². The molecule has 4 heteroatoms. The van der Waals surface area contributed by atoms with Crippen molar-refractivity contribution < 1.29 is 5.11 Å². The Balaban J connectivity index is 2.32. The van der Waals surface area contributed by atoms with Crippen molar-refractivity contribution in [3.8, 4) is 17.3 Å². The number of aliphatic hydroxyl groups excluding tert-OH is 1. The number of rotatable bonds is 4. The van der Waals surface area contributed by atoms with Crippen LogP contribution in [0.15, 0.2) is 36.4 Å². The molecule has 0 aliphatic rings. The minimum atomic E-state index is 0.0323. The van der Waals surface area contributed by atoms with E-state index in [0.717, 1.165) is 11.3 Å². The van der Waals surface area contributed by atoms with E-state index >= 15 is 0 Å². The van der Waals surface area contributed by atoms with Crippen LogP contribution < -0.4 is 5.32 Å². The van der Waals surface area contributed by atoms with Gasteiger partial charge in [0.15, 0.2) is 0 Å². The summed E-state index contributed by atoms with van der Waals surface area (Å²) >= 11 is 0. The van der Waals surface area contributed by atoms with Gasteiger partial charge in [0.1, 0.15) is 11.9 Å². The molecule has 0 spiro atoms. The number of aromatic amines is 1. The van der Waals surface area contributed by atoms with Gasteiger partial charge in [0.2, 0.25) is 0 Å². The highest BCUT2D eigenvalue weighted by atomic mass is 16.3. The molecule has 2 aromatic rings. The Kier molecular flexibility index (Phi) is 3.43. The molecule has 4 nitrogen and oxygen atoms in total. The number of aromatic nitrogens is 1. The van der Waals surface area contributed by atoms with Gasteiger partial charge < -0.3 is 15.4 Å². The third kappa shape index (κ3) is 2.47. The number of nitrogens with zero attached hydrogens (tertiary/aromatic N) is 1. The molecule has 0 bridgehead atoms. The molecule has 0 atom stereocenters. The zero-order chi connectivity index (χ0) is 12.1. The van der Waals surface area contributed by atoms with Crippen molar-refractivity contribution in [3.63, 3.8) is 0 Å². The Morgan fingerprint density at radius 1 is 1.29 bits per heavy atom. The molecule has 0 aliphatic carbocycles. The third-order valence-electron chi connectivity index (χ3n) is 2.44. The van der Waals surface area contributed by atoms with Crippen molar-refractivity contribution in [1.29, 1.82) is 5.26 Å². The number of benzene rings is 1. The highest BCUT2D eigenvalue weighted by Crippen LogP contribution is 2.24. The predicted molar refractivity (Wildman–Crippen MR) is 66.5 cm³/mol. The predicted octanol–water partition coefficient (Wildman–Crippen LogP) is 1.96. The van der Waals surface area contributed by atoms with Gasteiger partial charge in [-0.2, -0.15) is 5.26 Å². The largest absolute Gasteiger partial charge is 0.395 e. The molecule has 0 saturated heterocycles. The van der Waals surface area contributed by atoms with Gasteiger partial charge >= 0.3 is 0 Å². The van der Waals surface area contributed by atoms with Crippen molar-refractivity contribution in [2.75, 3.05) is 18.5 Å². The Labute approximate surface area is 99.5 Å². The van der Waals surface area contributed by atoms with Crippen LogP contribution in [0.3, 0.4) is 0 Å². The molecule has 1 heterocycles. The van der Waals surface area contributed by atoms with Gasteiger partial charge in [-0.1, -0.05) is 30.3 Å². The monoisotopic (exact) mass is 227 g/mol. The lowest BCUT2D eigenvalue weighted by atomic mass is 10.1. The molecule has 3 N–H and O–H groups in total. The fraction of sp³-hybridized carbons (Fsp3) is 0.154. The average molecular weight is 227 g/mol. The van der Waals surface area contributed by atoms with Crippen LogP contribution in [-0.2, 0) is 0 Å². The number of H-pyrrole nitrogens is 1. The first kappa shape index (κ1) is 11.2. The second-order valence-corrected chi connectivity index (χ2v) is 3.60. The second kappa shape index (κ2) is 5.19. The SMILES string of the molecule is N#Cc1cc(-c2ccccc2)[nH]c1NCCO. The lowest BCUT2D eigenvalue weighted by Gasteiger charge is -2.01. The van der Waals surface area contributed by atoms with E-state index in [1.807, 2.05) is 30.3 Å². The Morgan fingerprint density at radius 2 is 2.06 bits per heavy atom. The van der Waals surface area contributed by atoms with E-state index in [1.54, 1.807) is 6.07 Å². The maximum atomic E-state index is 9.01. The summed E-state index contributed by atoms with van der Waals surface area (Å²) in [7, 11) is 0. The quantitative estimate of drug-likeness (QED) is 0.747. The molecular formula is C13H13N3O. The number of aliphatic hydroxyl groups is 1. The molecule has 0 amide bonds. The van der Waals surface area contributed by atoms with Crippen LogP contribution in [-0.4, -0.2) is 23.2 Å². The molecule has 0 aliphatic heterocycles. The van der Waals surface area contributed by atoms with E-state index in [1.165, 1.54) is 0 Å². The minimum absolute atomic E-state index is 0.0323. The maximum absolute atomic E-state index is 9.01. The van der Waals surface area contributed by atoms with Crippen LogP contribution in [0.2, 0.25) is 0 Å². The average Bonchev–Trinajstić information content (AvgIpc) is 2.80. The van der Waals surface area contributed by atoms with E-state index in [2.05, 4.69) is 16.4 Å². The number of hydrogen-bond donors (Lipinski definition) is 3. The fourth-order valence-electron chi connectivity index (χ4n) is 1.64. The topological polar surface area (TPSA) is 71.8 Å². The standard InChI is InChI=1S/C13H13N3O/c14-9-11-8-12(10-4-2-1-3-5-10)16-13(11)15-6-7-17/h1-5,8,15-17H,6-7H2. The Hall–Kier alpha value is -2.25. The van der Waals surface area contributed by atoms with Crippen molar-refractivity contribution in [2.45, 2.75) is 0 Å². The molecule has 0 unspecified atom stereocenters. The van der Waals surface area contributed by atoms with Gasteiger partial charge in [-0.25, -0.2) is 0 Å². The van der Waals surface area contributed by atoms with Gasteiger partial charge in [0.25, 0.3) is 0 Å². The van der Waals surface area contributed by atoms with Crippen molar-refractivity contribution >= 4 is 5.82 Å². The summed E-state index contributed by atoms with van der Waals surface area (Å²) in [4.78, 5) is 3.14. The fourth-order valence-corrected chi connectivity index (χ4v) is 1.64. The van der Waals surface area contributed by atoms with Crippen molar-refractivity contribution in [1.82, 2.24) is 4.98 Å². The highest BCUT2D eigenvalue weighted by Gasteiger charge is 2.08. The molecule has 17 heavy (non-hydrogen) atoms. The lowest BCUT2D eigenvalue weighted by Crippen LogP contribution is -2.06. The van der Waals surface area contributed by atoms with Crippen LogP contribution >= 0.6 is 0 Å². The second-order valence-electron chi connectivity index (χ2n) is 3.60. The molecule has 1 aromatic carbocycles. The normalized spacial score (nSPS) is 9.88. The van der Waals surface area contributed by atoms with Crippen LogP contribution in [0, 0.1) is 11.3 Å². The smallest absolute Gasteiger partial charge is 0.122 e. The van der Waals surface area contributed by atoms with Gasteiger partial charge in [0.05, 0.1) is 12.2 Å². The molecular weight excluding hydrogens is 214 g/mol. The van der Waals surface area contributed by atoms with Crippen molar-refractivity contribution in [3.05, 3.63) is 42.0 Å². The van der Waals surface area contributed by atoms with E-state index in [-0.39, 0.29) is 6.61 Å². The van der Waals surface area contributed by atoms with Crippen LogP contribution in [0.25, 0.3) is 11.3 Å². The molecule has 0 radical (unpaired) electrons. The van der Waals surface area contributed by atoms with E-state index in [9.17, 15) is 0 Å². The molecule has 2 rings (SSSR count). The van der Waals surface area contributed by atoms with Crippen LogP contribution in [0.1, 0.15) is 5.56 Å². The third-order valence-corrected chi connectivity index (χ3v) is 2.44. The summed E-state index contributed by atoms with van der Waals surface area (Å²) in [5, 5.41) is 20.7. The first-order chi connectivity index (χ1) is 8.35. The lowest BCUT2D eigenvalue weighted by molar-refractivity contribution is 0.311. The first-order valence-corrected chi connectivity index (χ1v) is 5.38. The van der Waals surface area contributed by atoms with E-state index in [0.29, 0.717) is 17.9 Å². The summed E-state index contributed by atoms with van der Waals surface area (Å²) in [6, 6.07) is 13.7. The Morgan fingerprint density at radius 3 is 2.71 bits per heavy atom. The summed E-state index contributed by atoms with van der Waals surface area (Å²) in [6.07, 6.45) is 0. The molecule has 86 valence electrons. The van der Waals surface area contributed by atoms with Gasteiger partial charge in [0, 0.05) is 12.2 Å². The highest BCUT2D eigenvalue weighted by molar-refractivity contribution is 5.68. The summed E-state index contributed by atoms with van der Waals surface area (Å²) in [6.45, 7) is 0.452. The van der Waals surface area contributed by atoms with Gasteiger partial charge in [-0.15, -0.1) is 0 Å². The number of hydrogen-bond acceptors (Lipinski definition) is 3. The summed E-state index contributed by atoms with van der Waals surface area (Å²) in [5.41, 5.74) is 2.47. The zero-order valence-electron chi connectivity index (χ0n) is 9.27.